The van der Waals surface area contributed by atoms with Gasteiger partial charge in [0.2, 0.25) is 5.91 Å². The van der Waals surface area contributed by atoms with Crippen LogP contribution in [0.15, 0.2) is 36.8 Å². The molecule has 0 fully saturated rings. The lowest BCUT2D eigenvalue weighted by Crippen LogP contribution is -2.11. The third kappa shape index (κ3) is 2.17. The zero-order valence-electron chi connectivity index (χ0n) is 10.2. The lowest BCUT2D eigenvalue weighted by atomic mass is 10.2. The number of benzene rings is 1. The molecule has 7 heteroatoms. The highest BCUT2D eigenvalue weighted by Crippen LogP contribution is 2.25. The smallest absolute Gasteiger partial charge is 0.250 e. The number of amides is 1. The van der Waals surface area contributed by atoms with E-state index in [0.717, 1.165) is 11.0 Å². The van der Waals surface area contributed by atoms with Gasteiger partial charge in [-0.3, -0.25) is 4.79 Å². The monoisotopic (exact) mass is 287 g/mol. The topological polar surface area (TPSA) is 96.7 Å². The number of nitrogens with zero attached hydrogens (tertiary/aromatic N) is 2. The molecule has 0 atom stereocenters. The number of anilines is 2. The SMILES string of the molecule is NC(=O)c1ccc(Nc2ncnc3[nH]ccc23)cc1Cl. The van der Waals surface area contributed by atoms with Crippen molar-refractivity contribution in [1.29, 1.82) is 0 Å². The number of nitrogens with two attached hydrogens (primary N) is 1. The van der Waals surface area contributed by atoms with E-state index in [2.05, 4.69) is 20.3 Å². The Morgan fingerprint density at radius 1 is 1.30 bits per heavy atom. The fourth-order valence-corrected chi connectivity index (χ4v) is 2.18. The molecule has 0 aliphatic heterocycles. The number of nitrogens with one attached hydrogen (secondary N) is 2. The van der Waals surface area contributed by atoms with Crippen LogP contribution in [0.1, 0.15) is 10.4 Å². The van der Waals surface area contributed by atoms with Gasteiger partial charge in [0.05, 0.1) is 16.0 Å². The van der Waals surface area contributed by atoms with Gasteiger partial charge < -0.3 is 16.0 Å². The highest BCUT2D eigenvalue weighted by atomic mass is 35.5. The van der Waals surface area contributed by atoms with Crippen LogP contribution in [-0.4, -0.2) is 20.9 Å². The maximum absolute atomic E-state index is 11.1. The Hall–Kier alpha value is -2.60. The van der Waals surface area contributed by atoms with E-state index in [-0.39, 0.29) is 5.56 Å². The van der Waals surface area contributed by atoms with E-state index in [0.29, 0.717) is 16.5 Å². The Balaban J connectivity index is 1.97. The Kier molecular flexibility index (Phi) is 3.00. The number of carbonyl (C=O) groups excluding carboxylic acids is 1. The number of aromatic amines is 1. The van der Waals surface area contributed by atoms with E-state index in [9.17, 15) is 4.79 Å². The molecule has 1 amide bonds. The van der Waals surface area contributed by atoms with Gasteiger partial charge in [-0.05, 0) is 24.3 Å². The molecule has 0 spiro atoms. The maximum atomic E-state index is 11.1. The third-order valence-corrected chi connectivity index (χ3v) is 3.16. The summed E-state index contributed by atoms with van der Waals surface area (Å²) in [5.41, 5.74) is 6.94. The zero-order valence-corrected chi connectivity index (χ0v) is 11.0. The summed E-state index contributed by atoms with van der Waals surface area (Å²) in [6.07, 6.45) is 3.24. The third-order valence-electron chi connectivity index (χ3n) is 2.85. The summed E-state index contributed by atoms with van der Waals surface area (Å²) in [4.78, 5) is 22.4. The van der Waals surface area contributed by atoms with Crippen molar-refractivity contribution in [3.8, 4) is 0 Å². The number of aromatic nitrogens is 3. The van der Waals surface area contributed by atoms with Crippen molar-refractivity contribution >= 4 is 40.0 Å². The predicted molar refractivity (Wildman–Crippen MR) is 77.1 cm³/mol. The number of carbonyl (C=O) groups is 1. The van der Waals surface area contributed by atoms with Crippen molar-refractivity contribution in [2.75, 3.05) is 5.32 Å². The first kappa shape index (κ1) is 12.4. The van der Waals surface area contributed by atoms with Gasteiger partial charge in [0, 0.05) is 11.9 Å². The lowest BCUT2D eigenvalue weighted by molar-refractivity contribution is 0.100. The highest BCUT2D eigenvalue weighted by molar-refractivity contribution is 6.34. The van der Waals surface area contributed by atoms with Crippen molar-refractivity contribution in [1.82, 2.24) is 15.0 Å². The number of hydrogen-bond acceptors (Lipinski definition) is 4. The molecule has 0 aliphatic carbocycles. The van der Waals surface area contributed by atoms with Crippen LogP contribution in [0.2, 0.25) is 5.02 Å². The Morgan fingerprint density at radius 2 is 2.15 bits per heavy atom. The summed E-state index contributed by atoms with van der Waals surface area (Å²) in [5, 5.41) is 4.29. The molecule has 3 rings (SSSR count). The molecule has 0 radical (unpaired) electrons. The first-order valence-electron chi connectivity index (χ1n) is 5.79. The molecular weight excluding hydrogens is 278 g/mol. The Morgan fingerprint density at radius 3 is 2.90 bits per heavy atom. The van der Waals surface area contributed by atoms with Crippen molar-refractivity contribution in [2.24, 2.45) is 5.73 Å². The summed E-state index contributed by atoms with van der Waals surface area (Å²) in [7, 11) is 0. The largest absolute Gasteiger partial charge is 0.366 e. The fraction of sp³-hybridized carbons (Fsp3) is 0. The average molecular weight is 288 g/mol. The molecule has 3 aromatic rings. The summed E-state index contributed by atoms with van der Waals surface area (Å²) in [6, 6.07) is 6.79. The first-order chi connectivity index (χ1) is 9.65. The molecule has 0 aliphatic rings. The molecule has 6 nitrogen and oxygen atoms in total. The van der Waals surface area contributed by atoms with E-state index in [1.807, 2.05) is 6.07 Å². The van der Waals surface area contributed by atoms with E-state index in [1.54, 1.807) is 24.4 Å². The minimum Gasteiger partial charge on any atom is -0.366 e. The standard InChI is InChI=1S/C13H10ClN5O/c14-10-5-7(1-2-8(10)11(15)20)19-13-9-3-4-16-12(9)17-6-18-13/h1-6H,(H2,15,20)(H2,16,17,18,19). The molecule has 2 heterocycles. The van der Waals surface area contributed by atoms with Gasteiger partial charge in [-0.2, -0.15) is 0 Å². The van der Waals surface area contributed by atoms with Gasteiger partial charge in [-0.1, -0.05) is 11.6 Å². The number of halogens is 1. The number of rotatable bonds is 3. The fourth-order valence-electron chi connectivity index (χ4n) is 1.90. The lowest BCUT2D eigenvalue weighted by Gasteiger charge is -2.08. The molecule has 0 saturated carbocycles. The minimum atomic E-state index is -0.559. The van der Waals surface area contributed by atoms with Crippen molar-refractivity contribution in [3.05, 3.63) is 47.4 Å². The van der Waals surface area contributed by atoms with Gasteiger partial charge in [0.1, 0.15) is 17.8 Å². The van der Waals surface area contributed by atoms with Gasteiger partial charge in [-0.15, -0.1) is 0 Å². The highest BCUT2D eigenvalue weighted by Gasteiger charge is 2.09. The van der Waals surface area contributed by atoms with Crippen LogP contribution in [-0.2, 0) is 0 Å². The summed E-state index contributed by atoms with van der Waals surface area (Å²) >= 11 is 6.01. The molecular formula is C13H10ClN5O. The summed E-state index contributed by atoms with van der Waals surface area (Å²) in [5.74, 6) is 0.0933. The minimum absolute atomic E-state index is 0.284. The van der Waals surface area contributed by atoms with Crippen LogP contribution >= 0.6 is 11.6 Å². The van der Waals surface area contributed by atoms with E-state index in [1.165, 1.54) is 6.33 Å². The first-order valence-corrected chi connectivity index (χ1v) is 6.17. The second kappa shape index (κ2) is 4.82. The number of hydrogen-bond donors (Lipinski definition) is 3. The number of primary amides is 1. The van der Waals surface area contributed by atoms with Crippen LogP contribution in [0, 0.1) is 0 Å². The summed E-state index contributed by atoms with van der Waals surface area (Å²) < 4.78 is 0. The molecule has 1 aromatic carbocycles. The molecule has 20 heavy (non-hydrogen) atoms. The second-order valence-electron chi connectivity index (χ2n) is 4.15. The van der Waals surface area contributed by atoms with Crippen LogP contribution in [0.3, 0.4) is 0 Å². The Bertz CT molecular complexity index is 798. The van der Waals surface area contributed by atoms with E-state index in [4.69, 9.17) is 17.3 Å². The van der Waals surface area contributed by atoms with Gasteiger partial charge in [0.25, 0.3) is 0 Å². The van der Waals surface area contributed by atoms with E-state index >= 15 is 0 Å². The van der Waals surface area contributed by atoms with Crippen molar-refractivity contribution in [3.63, 3.8) is 0 Å². The Labute approximate surface area is 119 Å². The normalized spacial score (nSPS) is 10.7. The average Bonchev–Trinajstić information content (AvgIpc) is 2.87. The summed E-state index contributed by atoms with van der Waals surface area (Å²) in [6.45, 7) is 0. The van der Waals surface area contributed by atoms with Crippen LogP contribution in [0.5, 0.6) is 0 Å². The maximum Gasteiger partial charge on any atom is 0.250 e. The predicted octanol–water partition coefficient (Wildman–Crippen LogP) is 2.45. The quantitative estimate of drug-likeness (QED) is 0.689. The molecule has 4 N–H and O–H groups in total. The number of fused-ring (bicyclic) bond motifs is 1. The second-order valence-corrected chi connectivity index (χ2v) is 4.55. The van der Waals surface area contributed by atoms with Crippen LogP contribution in [0.25, 0.3) is 11.0 Å². The van der Waals surface area contributed by atoms with Gasteiger partial charge >= 0.3 is 0 Å². The molecule has 0 bridgehead atoms. The van der Waals surface area contributed by atoms with Crippen LogP contribution < -0.4 is 11.1 Å². The molecule has 2 aromatic heterocycles. The van der Waals surface area contributed by atoms with E-state index < -0.39 is 5.91 Å². The zero-order chi connectivity index (χ0) is 14.1. The van der Waals surface area contributed by atoms with Crippen LogP contribution in [0.4, 0.5) is 11.5 Å². The molecule has 0 saturated heterocycles. The number of H-pyrrole nitrogens is 1. The van der Waals surface area contributed by atoms with Gasteiger partial charge in [-0.25, -0.2) is 9.97 Å². The molecule has 0 unspecified atom stereocenters. The van der Waals surface area contributed by atoms with Crippen molar-refractivity contribution in [2.45, 2.75) is 0 Å². The van der Waals surface area contributed by atoms with Crippen molar-refractivity contribution < 1.29 is 4.79 Å². The van der Waals surface area contributed by atoms with Gasteiger partial charge in [0.15, 0.2) is 0 Å². The molecule has 100 valence electrons.